The molecule has 6 heteroatoms. The van der Waals surface area contributed by atoms with Crippen molar-refractivity contribution in [2.75, 3.05) is 6.61 Å². The largest absolute Gasteiger partial charge is 0.508 e. The van der Waals surface area contributed by atoms with Gasteiger partial charge in [-0.15, -0.1) is 0 Å². The lowest BCUT2D eigenvalue weighted by molar-refractivity contribution is 0.0466. The van der Waals surface area contributed by atoms with Crippen LogP contribution in [-0.2, 0) is 11.3 Å². The Morgan fingerprint density at radius 1 is 1.08 bits per heavy atom. The normalized spacial score (nSPS) is 10.2. The number of aromatic hydroxyl groups is 2. The molecule has 0 heterocycles. The third kappa shape index (κ3) is 4.04. The molecule has 6 nitrogen and oxygen atoms in total. The fourth-order valence-corrected chi connectivity index (χ4v) is 2.12. The van der Waals surface area contributed by atoms with Crippen molar-refractivity contribution >= 4 is 11.8 Å². The fourth-order valence-electron chi connectivity index (χ4n) is 2.12. The second-order valence-corrected chi connectivity index (χ2v) is 5.09. The first-order valence-electron chi connectivity index (χ1n) is 7.38. The molecule has 2 aromatic carbocycles. The minimum Gasteiger partial charge on any atom is -0.508 e. The van der Waals surface area contributed by atoms with Crippen LogP contribution < -0.4 is 4.74 Å². The third-order valence-electron chi connectivity index (χ3n) is 3.33. The SMILES string of the molecule is CCOc1ccc(C(C)=O)cc1COC(=O)c1ccc(O)cc1O. The standard InChI is InChI=1S/C18H18O6/c1-3-23-17-7-4-12(11(2)19)8-13(17)10-24-18(22)15-6-5-14(20)9-16(15)21/h4-9,20-21H,3,10H2,1-2H3. The molecular weight excluding hydrogens is 312 g/mol. The van der Waals surface area contributed by atoms with E-state index in [1.165, 1.54) is 19.1 Å². The highest BCUT2D eigenvalue weighted by Crippen LogP contribution is 2.25. The summed E-state index contributed by atoms with van der Waals surface area (Å²) in [6.45, 7) is 3.58. The van der Waals surface area contributed by atoms with Gasteiger partial charge in [0.1, 0.15) is 29.4 Å². The Balaban J connectivity index is 2.19. The highest BCUT2D eigenvalue weighted by Gasteiger charge is 2.15. The van der Waals surface area contributed by atoms with E-state index in [4.69, 9.17) is 9.47 Å². The number of carbonyl (C=O) groups excluding carboxylic acids is 2. The Hall–Kier alpha value is -3.02. The monoisotopic (exact) mass is 330 g/mol. The van der Waals surface area contributed by atoms with Gasteiger partial charge in [-0.05, 0) is 44.2 Å². The van der Waals surface area contributed by atoms with Gasteiger partial charge >= 0.3 is 5.97 Å². The number of ether oxygens (including phenoxy) is 2. The minimum absolute atomic E-state index is 0.0616. The average Bonchev–Trinajstić information content (AvgIpc) is 2.53. The number of hydrogen-bond acceptors (Lipinski definition) is 6. The number of esters is 1. The Kier molecular flexibility index (Phi) is 5.42. The maximum Gasteiger partial charge on any atom is 0.342 e. The molecule has 126 valence electrons. The average molecular weight is 330 g/mol. The van der Waals surface area contributed by atoms with Gasteiger partial charge in [0.2, 0.25) is 0 Å². The molecule has 0 saturated carbocycles. The van der Waals surface area contributed by atoms with Crippen LogP contribution in [0.1, 0.15) is 40.1 Å². The van der Waals surface area contributed by atoms with Gasteiger partial charge in [-0.25, -0.2) is 4.79 Å². The van der Waals surface area contributed by atoms with Crippen molar-refractivity contribution < 1.29 is 29.3 Å². The van der Waals surface area contributed by atoms with E-state index in [0.29, 0.717) is 23.5 Å². The quantitative estimate of drug-likeness (QED) is 0.624. The summed E-state index contributed by atoms with van der Waals surface area (Å²) < 4.78 is 10.6. The maximum atomic E-state index is 12.1. The van der Waals surface area contributed by atoms with Crippen molar-refractivity contribution in [1.82, 2.24) is 0 Å². The zero-order valence-electron chi connectivity index (χ0n) is 13.4. The molecule has 0 aliphatic heterocycles. The molecule has 2 rings (SSSR count). The van der Waals surface area contributed by atoms with Gasteiger partial charge in [0, 0.05) is 17.2 Å². The molecule has 2 N–H and O–H groups in total. The molecule has 0 fully saturated rings. The van der Waals surface area contributed by atoms with E-state index in [1.54, 1.807) is 18.2 Å². The number of rotatable bonds is 6. The summed E-state index contributed by atoms with van der Waals surface area (Å²) in [5, 5.41) is 18.9. The van der Waals surface area contributed by atoms with Gasteiger partial charge in [0.05, 0.1) is 6.61 Å². The van der Waals surface area contributed by atoms with Crippen LogP contribution in [0, 0.1) is 0 Å². The lowest BCUT2D eigenvalue weighted by Crippen LogP contribution is -2.08. The lowest BCUT2D eigenvalue weighted by atomic mass is 10.1. The van der Waals surface area contributed by atoms with Crippen molar-refractivity contribution in [3.05, 3.63) is 53.1 Å². The molecule has 0 bridgehead atoms. The van der Waals surface area contributed by atoms with E-state index in [0.717, 1.165) is 6.07 Å². The fraction of sp³-hybridized carbons (Fsp3) is 0.222. The summed E-state index contributed by atoms with van der Waals surface area (Å²) in [5.74, 6) is -0.866. The van der Waals surface area contributed by atoms with Gasteiger partial charge in [-0.2, -0.15) is 0 Å². The number of benzene rings is 2. The molecule has 0 saturated heterocycles. The Labute approximate surface area is 139 Å². The summed E-state index contributed by atoms with van der Waals surface area (Å²) in [7, 11) is 0. The molecule has 0 radical (unpaired) electrons. The molecule has 0 aromatic heterocycles. The smallest absolute Gasteiger partial charge is 0.342 e. The Bertz CT molecular complexity index is 766. The van der Waals surface area contributed by atoms with Crippen molar-refractivity contribution in [3.8, 4) is 17.2 Å². The number of Topliss-reactive ketones (excluding diaryl/α,β-unsaturated/α-hetero) is 1. The summed E-state index contributed by atoms with van der Waals surface area (Å²) in [4.78, 5) is 23.6. The van der Waals surface area contributed by atoms with E-state index in [9.17, 15) is 19.8 Å². The van der Waals surface area contributed by atoms with Crippen LogP contribution in [0.3, 0.4) is 0 Å². The maximum absolute atomic E-state index is 12.1. The lowest BCUT2D eigenvalue weighted by Gasteiger charge is -2.12. The first-order chi connectivity index (χ1) is 11.4. The van der Waals surface area contributed by atoms with Gasteiger partial charge in [0.15, 0.2) is 5.78 Å². The van der Waals surface area contributed by atoms with E-state index in [1.807, 2.05) is 6.92 Å². The van der Waals surface area contributed by atoms with E-state index >= 15 is 0 Å². The molecule has 0 aliphatic carbocycles. The first-order valence-corrected chi connectivity index (χ1v) is 7.38. The molecule has 0 amide bonds. The van der Waals surface area contributed by atoms with E-state index < -0.39 is 5.97 Å². The number of phenols is 2. The second-order valence-electron chi connectivity index (χ2n) is 5.09. The zero-order chi connectivity index (χ0) is 17.7. The van der Waals surface area contributed by atoms with Crippen LogP contribution in [0.4, 0.5) is 0 Å². The predicted molar refractivity (Wildman–Crippen MR) is 86.5 cm³/mol. The van der Waals surface area contributed by atoms with Crippen LogP contribution in [0.25, 0.3) is 0 Å². The first kappa shape index (κ1) is 17.3. The van der Waals surface area contributed by atoms with Crippen LogP contribution in [-0.4, -0.2) is 28.6 Å². The van der Waals surface area contributed by atoms with E-state index in [-0.39, 0.29) is 29.5 Å². The summed E-state index contributed by atoms with van der Waals surface area (Å²) in [6.07, 6.45) is 0. The van der Waals surface area contributed by atoms with Gasteiger partial charge in [-0.3, -0.25) is 4.79 Å². The van der Waals surface area contributed by atoms with Crippen LogP contribution in [0.15, 0.2) is 36.4 Å². The third-order valence-corrected chi connectivity index (χ3v) is 3.33. The highest BCUT2D eigenvalue weighted by atomic mass is 16.5. The van der Waals surface area contributed by atoms with Crippen molar-refractivity contribution in [2.45, 2.75) is 20.5 Å². The van der Waals surface area contributed by atoms with E-state index in [2.05, 4.69) is 0 Å². The van der Waals surface area contributed by atoms with Gasteiger partial charge in [-0.1, -0.05) is 0 Å². The van der Waals surface area contributed by atoms with Crippen molar-refractivity contribution in [1.29, 1.82) is 0 Å². The molecule has 0 unspecified atom stereocenters. The molecule has 0 spiro atoms. The van der Waals surface area contributed by atoms with Crippen LogP contribution in [0.2, 0.25) is 0 Å². The van der Waals surface area contributed by atoms with Gasteiger partial charge in [0.25, 0.3) is 0 Å². The number of ketones is 1. The Morgan fingerprint density at radius 2 is 1.83 bits per heavy atom. The molecule has 0 aliphatic rings. The van der Waals surface area contributed by atoms with Crippen molar-refractivity contribution in [3.63, 3.8) is 0 Å². The molecule has 0 atom stereocenters. The number of hydrogen-bond donors (Lipinski definition) is 2. The topological polar surface area (TPSA) is 93.1 Å². The molecular formula is C18H18O6. The minimum atomic E-state index is -0.747. The number of carbonyl (C=O) groups is 2. The second kappa shape index (κ2) is 7.50. The molecule has 24 heavy (non-hydrogen) atoms. The summed E-state index contributed by atoms with van der Waals surface area (Å²) in [6, 6.07) is 8.50. The number of phenolic OH excluding ortho intramolecular Hbond substituents is 2. The zero-order valence-corrected chi connectivity index (χ0v) is 13.4. The van der Waals surface area contributed by atoms with Gasteiger partial charge < -0.3 is 19.7 Å². The van der Waals surface area contributed by atoms with Crippen LogP contribution >= 0.6 is 0 Å². The Morgan fingerprint density at radius 3 is 2.46 bits per heavy atom. The summed E-state index contributed by atoms with van der Waals surface area (Å²) >= 11 is 0. The predicted octanol–water partition coefficient (Wildman–Crippen LogP) is 3.06. The van der Waals surface area contributed by atoms with Crippen LogP contribution in [0.5, 0.6) is 17.2 Å². The highest BCUT2D eigenvalue weighted by molar-refractivity contribution is 5.94. The molecule has 2 aromatic rings. The summed E-state index contributed by atoms with van der Waals surface area (Å²) in [5.41, 5.74) is 0.974. The van der Waals surface area contributed by atoms with Crippen molar-refractivity contribution in [2.24, 2.45) is 0 Å².